The Bertz CT molecular complexity index is 780. The van der Waals surface area contributed by atoms with Gasteiger partial charge in [0.2, 0.25) is 11.7 Å². The molecular formula is C16H16BrF3N4O. The topological polar surface area (TPSA) is 50.6 Å². The fourth-order valence-electron chi connectivity index (χ4n) is 1.75. The third-order valence-corrected chi connectivity index (χ3v) is 3.86. The molecule has 2 aromatic rings. The molecule has 134 valence electrons. The molecule has 0 saturated carbocycles. The van der Waals surface area contributed by atoms with Gasteiger partial charge in [-0.2, -0.15) is 18.2 Å². The van der Waals surface area contributed by atoms with E-state index in [4.69, 9.17) is 4.74 Å². The summed E-state index contributed by atoms with van der Waals surface area (Å²) in [4.78, 5) is 12.9. The molecule has 0 aliphatic rings. The van der Waals surface area contributed by atoms with Crippen LogP contribution >= 0.6 is 15.9 Å². The van der Waals surface area contributed by atoms with Crippen molar-refractivity contribution in [1.82, 2.24) is 14.9 Å². The first-order valence-corrected chi connectivity index (χ1v) is 8.12. The Kier molecular flexibility index (Phi) is 5.99. The SMILES string of the molecule is CCN(C)C=Nc1cc(Br)c(Oc2ccnc(C(F)(F)F)n2)cc1C. The van der Waals surface area contributed by atoms with Crippen molar-refractivity contribution < 1.29 is 17.9 Å². The minimum atomic E-state index is -4.63. The van der Waals surface area contributed by atoms with Crippen LogP contribution in [-0.4, -0.2) is 34.8 Å². The van der Waals surface area contributed by atoms with Crippen LogP contribution < -0.4 is 4.74 Å². The number of halogens is 4. The number of hydrogen-bond donors (Lipinski definition) is 0. The molecule has 0 radical (unpaired) electrons. The molecule has 0 bridgehead atoms. The summed E-state index contributed by atoms with van der Waals surface area (Å²) in [7, 11) is 1.90. The molecule has 0 aliphatic carbocycles. The Balaban J connectivity index is 2.27. The van der Waals surface area contributed by atoms with Gasteiger partial charge in [-0.05, 0) is 47.5 Å². The number of ether oxygens (including phenoxy) is 1. The van der Waals surface area contributed by atoms with Gasteiger partial charge in [0.1, 0.15) is 5.75 Å². The van der Waals surface area contributed by atoms with E-state index < -0.39 is 12.0 Å². The lowest BCUT2D eigenvalue weighted by Gasteiger charge is -2.12. The van der Waals surface area contributed by atoms with Gasteiger partial charge in [-0.1, -0.05) is 0 Å². The molecule has 9 heteroatoms. The third-order valence-electron chi connectivity index (χ3n) is 3.24. The first-order chi connectivity index (χ1) is 11.7. The maximum absolute atomic E-state index is 12.7. The van der Waals surface area contributed by atoms with Crippen molar-refractivity contribution in [3.05, 3.63) is 40.3 Å². The van der Waals surface area contributed by atoms with E-state index in [1.54, 1.807) is 18.5 Å². The average molecular weight is 417 g/mol. The number of hydrogen-bond acceptors (Lipinski definition) is 4. The zero-order valence-electron chi connectivity index (χ0n) is 13.8. The van der Waals surface area contributed by atoms with Gasteiger partial charge in [-0.15, -0.1) is 0 Å². The quantitative estimate of drug-likeness (QED) is 0.509. The zero-order valence-corrected chi connectivity index (χ0v) is 15.4. The minimum Gasteiger partial charge on any atom is -0.438 e. The van der Waals surface area contributed by atoms with Gasteiger partial charge in [0.15, 0.2) is 0 Å². The van der Waals surface area contributed by atoms with E-state index >= 15 is 0 Å². The van der Waals surface area contributed by atoms with Crippen molar-refractivity contribution >= 4 is 28.0 Å². The number of aryl methyl sites for hydroxylation is 1. The largest absolute Gasteiger partial charge is 0.451 e. The molecule has 0 aliphatic heterocycles. The normalized spacial score (nSPS) is 11.8. The summed E-state index contributed by atoms with van der Waals surface area (Å²) < 4.78 is 44.0. The summed E-state index contributed by atoms with van der Waals surface area (Å²) in [5.41, 5.74) is 1.53. The highest BCUT2D eigenvalue weighted by Crippen LogP contribution is 2.35. The van der Waals surface area contributed by atoms with Crippen molar-refractivity contribution in [2.45, 2.75) is 20.0 Å². The Morgan fingerprint density at radius 1 is 1.36 bits per heavy atom. The van der Waals surface area contributed by atoms with Gasteiger partial charge < -0.3 is 9.64 Å². The summed E-state index contributed by atoms with van der Waals surface area (Å²) >= 11 is 3.34. The molecule has 25 heavy (non-hydrogen) atoms. The number of alkyl halides is 3. The molecule has 0 N–H and O–H groups in total. The highest BCUT2D eigenvalue weighted by Gasteiger charge is 2.34. The van der Waals surface area contributed by atoms with Crippen LogP contribution in [0.15, 0.2) is 33.9 Å². The minimum absolute atomic E-state index is 0.190. The molecule has 5 nitrogen and oxygen atoms in total. The van der Waals surface area contributed by atoms with E-state index in [1.165, 1.54) is 6.07 Å². The molecule has 2 rings (SSSR count). The second-order valence-corrected chi connectivity index (χ2v) is 6.06. The number of aliphatic imine (C=N–C) groups is 1. The summed E-state index contributed by atoms with van der Waals surface area (Å²) in [6, 6.07) is 4.67. The maximum atomic E-state index is 12.7. The van der Waals surface area contributed by atoms with Crippen LogP contribution in [0.3, 0.4) is 0 Å². The van der Waals surface area contributed by atoms with Gasteiger partial charge in [-0.25, -0.2) is 9.98 Å². The Morgan fingerprint density at radius 3 is 2.72 bits per heavy atom. The summed E-state index contributed by atoms with van der Waals surface area (Å²) in [5.74, 6) is -1.10. The fourth-order valence-corrected chi connectivity index (χ4v) is 2.16. The van der Waals surface area contributed by atoms with E-state index in [9.17, 15) is 13.2 Å². The fraction of sp³-hybridized carbons (Fsp3) is 0.312. The Hall–Kier alpha value is -2.16. The molecule has 1 heterocycles. The van der Waals surface area contributed by atoms with Gasteiger partial charge in [0, 0.05) is 25.9 Å². The van der Waals surface area contributed by atoms with Crippen LogP contribution in [0.1, 0.15) is 18.3 Å². The predicted octanol–water partition coefficient (Wildman–Crippen LogP) is 4.97. The lowest BCUT2D eigenvalue weighted by molar-refractivity contribution is -0.145. The number of aromatic nitrogens is 2. The average Bonchev–Trinajstić information content (AvgIpc) is 2.55. The Morgan fingerprint density at radius 2 is 2.08 bits per heavy atom. The molecule has 0 unspecified atom stereocenters. The van der Waals surface area contributed by atoms with E-state index in [0.717, 1.165) is 24.0 Å². The van der Waals surface area contributed by atoms with Crippen molar-refractivity contribution in [2.24, 2.45) is 4.99 Å². The van der Waals surface area contributed by atoms with E-state index in [-0.39, 0.29) is 5.88 Å². The van der Waals surface area contributed by atoms with Crippen LogP contribution in [0.4, 0.5) is 18.9 Å². The van der Waals surface area contributed by atoms with E-state index in [0.29, 0.717) is 10.2 Å². The standard InChI is InChI=1S/C16H16BrF3N4O/c1-4-24(3)9-22-12-8-11(17)13(7-10(12)2)25-14-5-6-21-15(23-14)16(18,19)20/h5-9H,4H2,1-3H3. The van der Waals surface area contributed by atoms with Crippen molar-refractivity contribution in [3.8, 4) is 11.6 Å². The van der Waals surface area contributed by atoms with Crippen molar-refractivity contribution in [1.29, 1.82) is 0 Å². The smallest absolute Gasteiger partial charge is 0.438 e. The molecule has 1 aromatic heterocycles. The van der Waals surface area contributed by atoms with Crippen LogP contribution in [0.25, 0.3) is 0 Å². The van der Waals surface area contributed by atoms with Crippen molar-refractivity contribution in [3.63, 3.8) is 0 Å². The second kappa shape index (κ2) is 7.81. The van der Waals surface area contributed by atoms with E-state index in [1.807, 2.05) is 25.8 Å². The van der Waals surface area contributed by atoms with Gasteiger partial charge in [0.05, 0.1) is 16.5 Å². The molecule has 0 atom stereocenters. The first-order valence-electron chi connectivity index (χ1n) is 7.33. The van der Waals surface area contributed by atoms with Gasteiger partial charge >= 0.3 is 6.18 Å². The predicted molar refractivity (Wildman–Crippen MR) is 92.4 cm³/mol. The Labute approximate surface area is 151 Å². The zero-order chi connectivity index (χ0) is 18.6. The van der Waals surface area contributed by atoms with E-state index in [2.05, 4.69) is 30.9 Å². The molecule has 1 aromatic carbocycles. The monoisotopic (exact) mass is 416 g/mol. The third kappa shape index (κ3) is 5.15. The lowest BCUT2D eigenvalue weighted by Crippen LogP contribution is -2.14. The van der Waals surface area contributed by atoms with Gasteiger partial charge in [-0.3, -0.25) is 0 Å². The number of rotatable bonds is 5. The van der Waals surface area contributed by atoms with Crippen LogP contribution in [0, 0.1) is 6.92 Å². The van der Waals surface area contributed by atoms with Crippen LogP contribution in [0.5, 0.6) is 11.6 Å². The van der Waals surface area contributed by atoms with Crippen molar-refractivity contribution in [2.75, 3.05) is 13.6 Å². The molecule has 0 spiro atoms. The molecular weight excluding hydrogens is 401 g/mol. The van der Waals surface area contributed by atoms with Gasteiger partial charge in [0.25, 0.3) is 0 Å². The number of nitrogens with zero attached hydrogens (tertiary/aromatic N) is 4. The highest BCUT2D eigenvalue weighted by atomic mass is 79.9. The summed E-state index contributed by atoms with van der Waals surface area (Å²) in [5, 5.41) is 0. The first kappa shape index (κ1) is 19.2. The number of benzene rings is 1. The maximum Gasteiger partial charge on any atom is 0.451 e. The lowest BCUT2D eigenvalue weighted by atomic mass is 10.2. The molecule has 0 saturated heterocycles. The second-order valence-electron chi connectivity index (χ2n) is 5.21. The highest BCUT2D eigenvalue weighted by molar-refractivity contribution is 9.10. The summed E-state index contributed by atoms with van der Waals surface area (Å²) in [6.07, 6.45) is -1.92. The van der Waals surface area contributed by atoms with Crippen LogP contribution in [0.2, 0.25) is 0 Å². The van der Waals surface area contributed by atoms with Crippen LogP contribution in [-0.2, 0) is 6.18 Å². The summed E-state index contributed by atoms with van der Waals surface area (Å²) in [6.45, 7) is 4.65. The molecule has 0 fully saturated rings. The molecule has 0 amide bonds.